The number of halogens is 1. The van der Waals surface area contributed by atoms with E-state index >= 15 is 0 Å². The minimum atomic E-state index is 0.439. The number of nitrogens with zero attached hydrogens (tertiary/aromatic N) is 2. The second-order valence-corrected chi connectivity index (χ2v) is 5.55. The van der Waals surface area contributed by atoms with Crippen molar-refractivity contribution >= 4 is 33.2 Å². The van der Waals surface area contributed by atoms with Crippen molar-refractivity contribution < 1.29 is 4.74 Å². The molecule has 0 unspecified atom stereocenters. The molecule has 5 heteroatoms. The average Bonchev–Trinajstić information content (AvgIpc) is 2.85. The number of fused-ring (bicyclic) bond motifs is 3. The zero-order valence-electron chi connectivity index (χ0n) is 9.62. The van der Waals surface area contributed by atoms with Crippen molar-refractivity contribution in [2.75, 3.05) is 6.61 Å². The predicted molar refractivity (Wildman–Crippen MR) is 69.8 cm³/mol. The maximum atomic E-state index is 6.27. The minimum absolute atomic E-state index is 0.439. The number of ether oxygens (including phenoxy) is 1. The van der Waals surface area contributed by atoms with E-state index in [1.807, 2.05) is 6.92 Å². The summed E-state index contributed by atoms with van der Waals surface area (Å²) in [4.78, 5) is 11.3. The van der Waals surface area contributed by atoms with Crippen LogP contribution in [-0.2, 0) is 24.2 Å². The third-order valence-electron chi connectivity index (χ3n) is 3.00. The van der Waals surface area contributed by atoms with Crippen LogP contribution in [0.3, 0.4) is 0 Å². The van der Waals surface area contributed by atoms with Crippen LogP contribution in [0.2, 0.25) is 5.15 Å². The molecule has 1 aliphatic carbocycles. The first-order valence-corrected chi connectivity index (χ1v) is 7.03. The van der Waals surface area contributed by atoms with Gasteiger partial charge in [-0.2, -0.15) is 0 Å². The maximum absolute atomic E-state index is 6.27. The van der Waals surface area contributed by atoms with Gasteiger partial charge in [-0.25, -0.2) is 9.97 Å². The Hall–Kier alpha value is -0.710. The summed E-state index contributed by atoms with van der Waals surface area (Å²) in [6, 6.07) is 0. The molecular formula is C12H13ClN2OS. The van der Waals surface area contributed by atoms with Gasteiger partial charge < -0.3 is 4.74 Å². The molecule has 0 saturated heterocycles. The molecule has 0 aliphatic heterocycles. The highest BCUT2D eigenvalue weighted by Crippen LogP contribution is 2.39. The van der Waals surface area contributed by atoms with Crippen molar-refractivity contribution in [3.8, 4) is 0 Å². The van der Waals surface area contributed by atoms with E-state index < -0.39 is 0 Å². The zero-order valence-corrected chi connectivity index (χ0v) is 11.2. The first-order chi connectivity index (χ1) is 8.29. The standard InChI is InChI=1S/C12H13ClN2OS/c1-2-16-6-9-14-11(13)10-7-4-3-5-8(7)17-12(10)15-9/h2-6H2,1H3. The lowest BCUT2D eigenvalue weighted by Crippen LogP contribution is -1.99. The molecule has 17 heavy (non-hydrogen) atoms. The molecule has 0 N–H and O–H groups in total. The van der Waals surface area contributed by atoms with Crippen LogP contribution >= 0.6 is 22.9 Å². The van der Waals surface area contributed by atoms with Gasteiger partial charge in [0.2, 0.25) is 0 Å². The Kier molecular flexibility index (Phi) is 3.03. The molecule has 0 amide bonds. The number of hydrogen-bond acceptors (Lipinski definition) is 4. The lowest BCUT2D eigenvalue weighted by Gasteiger charge is -2.02. The summed E-state index contributed by atoms with van der Waals surface area (Å²) in [7, 11) is 0. The van der Waals surface area contributed by atoms with E-state index in [0.717, 1.165) is 23.1 Å². The Labute approximate surface area is 109 Å². The molecule has 0 bridgehead atoms. The second kappa shape index (κ2) is 4.52. The molecule has 90 valence electrons. The van der Waals surface area contributed by atoms with Crippen LogP contribution in [0.1, 0.15) is 29.6 Å². The van der Waals surface area contributed by atoms with Gasteiger partial charge in [-0.15, -0.1) is 11.3 Å². The quantitative estimate of drug-likeness (QED) is 0.801. The van der Waals surface area contributed by atoms with Crippen LogP contribution in [-0.4, -0.2) is 16.6 Å². The van der Waals surface area contributed by atoms with Gasteiger partial charge in [0.25, 0.3) is 0 Å². The average molecular weight is 269 g/mol. The Morgan fingerprint density at radius 1 is 1.35 bits per heavy atom. The zero-order chi connectivity index (χ0) is 11.8. The van der Waals surface area contributed by atoms with Crippen LogP contribution < -0.4 is 0 Å². The van der Waals surface area contributed by atoms with Crippen molar-refractivity contribution in [1.82, 2.24) is 9.97 Å². The van der Waals surface area contributed by atoms with E-state index in [4.69, 9.17) is 16.3 Å². The van der Waals surface area contributed by atoms with E-state index in [-0.39, 0.29) is 0 Å². The smallest absolute Gasteiger partial charge is 0.157 e. The SMILES string of the molecule is CCOCc1nc(Cl)c2c3c(sc2n1)CCC3. The van der Waals surface area contributed by atoms with Crippen LogP contribution in [0, 0.1) is 0 Å². The highest BCUT2D eigenvalue weighted by Gasteiger charge is 2.21. The van der Waals surface area contributed by atoms with Gasteiger partial charge in [0.15, 0.2) is 5.82 Å². The summed E-state index contributed by atoms with van der Waals surface area (Å²) in [5.74, 6) is 0.685. The molecule has 0 atom stereocenters. The lowest BCUT2D eigenvalue weighted by molar-refractivity contribution is 0.128. The van der Waals surface area contributed by atoms with Crippen LogP contribution in [0.15, 0.2) is 0 Å². The normalized spacial score (nSPS) is 14.5. The van der Waals surface area contributed by atoms with E-state index in [0.29, 0.717) is 24.2 Å². The third-order valence-corrected chi connectivity index (χ3v) is 4.46. The van der Waals surface area contributed by atoms with Crippen molar-refractivity contribution in [2.24, 2.45) is 0 Å². The van der Waals surface area contributed by atoms with Gasteiger partial charge in [-0.3, -0.25) is 0 Å². The minimum Gasteiger partial charge on any atom is -0.374 e. The van der Waals surface area contributed by atoms with Gasteiger partial charge >= 0.3 is 0 Å². The number of rotatable bonds is 3. The molecule has 2 aromatic heterocycles. The number of aryl methyl sites for hydroxylation is 2. The van der Waals surface area contributed by atoms with Crippen LogP contribution in [0.5, 0.6) is 0 Å². The molecule has 0 spiro atoms. The molecule has 0 saturated carbocycles. The van der Waals surface area contributed by atoms with E-state index in [2.05, 4.69) is 9.97 Å². The van der Waals surface area contributed by atoms with E-state index in [1.165, 1.54) is 16.9 Å². The lowest BCUT2D eigenvalue weighted by atomic mass is 10.2. The summed E-state index contributed by atoms with van der Waals surface area (Å²) in [6.07, 6.45) is 3.50. The fourth-order valence-electron chi connectivity index (χ4n) is 2.25. The summed E-state index contributed by atoms with van der Waals surface area (Å²) < 4.78 is 5.32. The summed E-state index contributed by atoms with van der Waals surface area (Å²) in [5.41, 5.74) is 1.37. The predicted octanol–water partition coefficient (Wildman–Crippen LogP) is 3.37. The number of aromatic nitrogens is 2. The van der Waals surface area contributed by atoms with Crippen molar-refractivity contribution in [1.29, 1.82) is 0 Å². The van der Waals surface area contributed by atoms with Gasteiger partial charge in [0.05, 0.1) is 5.39 Å². The van der Waals surface area contributed by atoms with Gasteiger partial charge in [0, 0.05) is 11.5 Å². The molecule has 3 rings (SSSR count). The fourth-order valence-corrected chi connectivity index (χ4v) is 3.89. The molecule has 0 radical (unpaired) electrons. The summed E-state index contributed by atoms with van der Waals surface area (Å²) in [6.45, 7) is 3.06. The van der Waals surface area contributed by atoms with Gasteiger partial charge in [-0.1, -0.05) is 11.6 Å². The van der Waals surface area contributed by atoms with Crippen LogP contribution in [0.4, 0.5) is 0 Å². The van der Waals surface area contributed by atoms with Gasteiger partial charge in [0.1, 0.15) is 16.6 Å². The van der Waals surface area contributed by atoms with E-state index in [9.17, 15) is 0 Å². The molecular weight excluding hydrogens is 256 g/mol. The molecule has 3 nitrogen and oxygen atoms in total. The topological polar surface area (TPSA) is 35.0 Å². The number of thiophene rings is 1. The maximum Gasteiger partial charge on any atom is 0.157 e. The Morgan fingerprint density at radius 3 is 3.06 bits per heavy atom. The highest BCUT2D eigenvalue weighted by atomic mass is 35.5. The Bertz CT molecular complexity index is 567. The second-order valence-electron chi connectivity index (χ2n) is 4.11. The van der Waals surface area contributed by atoms with Crippen molar-refractivity contribution in [3.63, 3.8) is 0 Å². The van der Waals surface area contributed by atoms with Gasteiger partial charge in [-0.05, 0) is 31.7 Å². The van der Waals surface area contributed by atoms with Crippen molar-refractivity contribution in [3.05, 3.63) is 21.4 Å². The first-order valence-electron chi connectivity index (χ1n) is 5.84. The van der Waals surface area contributed by atoms with Crippen LogP contribution in [0.25, 0.3) is 10.2 Å². The third kappa shape index (κ3) is 1.94. The highest BCUT2D eigenvalue weighted by molar-refractivity contribution is 7.19. The monoisotopic (exact) mass is 268 g/mol. The molecule has 0 fully saturated rings. The molecule has 2 aromatic rings. The Morgan fingerprint density at radius 2 is 2.24 bits per heavy atom. The summed E-state index contributed by atoms with van der Waals surface area (Å²) in [5, 5.41) is 1.66. The van der Waals surface area contributed by atoms with E-state index in [1.54, 1.807) is 11.3 Å². The molecule has 2 heterocycles. The van der Waals surface area contributed by atoms with Crippen molar-refractivity contribution in [2.45, 2.75) is 32.8 Å². The number of hydrogen-bond donors (Lipinski definition) is 0. The first kappa shape index (κ1) is 11.4. The summed E-state index contributed by atoms with van der Waals surface area (Å²) >= 11 is 8.02. The molecule has 1 aliphatic rings. The fraction of sp³-hybridized carbons (Fsp3) is 0.500. The Balaban J connectivity index is 2.08. The molecule has 0 aromatic carbocycles. The largest absolute Gasteiger partial charge is 0.374 e.